The third kappa shape index (κ3) is 7.60. The van der Waals surface area contributed by atoms with E-state index >= 15 is 0 Å². The minimum absolute atomic E-state index is 0.0190. The van der Waals surface area contributed by atoms with Crippen molar-refractivity contribution in [2.75, 3.05) is 13.1 Å². The lowest BCUT2D eigenvalue weighted by Crippen LogP contribution is -2.57. The fraction of sp³-hybridized carbons (Fsp3) is 0.242. The Bertz CT molecular complexity index is 1750. The van der Waals surface area contributed by atoms with E-state index in [-0.39, 0.29) is 37.6 Å². The molecule has 1 saturated heterocycles. The molecular weight excluding hydrogens is 605 g/mol. The lowest BCUT2D eigenvalue weighted by atomic mass is 9.90. The maximum Gasteiger partial charge on any atom is 0.493 e. The van der Waals surface area contributed by atoms with E-state index in [4.69, 9.17) is 4.74 Å². The predicted octanol–water partition coefficient (Wildman–Crippen LogP) is 4.52. The number of ether oxygens (including phenoxy) is 1. The van der Waals surface area contributed by atoms with Gasteiger partial charge in [-0.25, -0.2) is 4.79 Å². The molecule has 4 aromatic rings. The van der Waals surface area contributed by atoms with Crippen LogP contribution in [0.2, 0.25) is 0 Å². The molecule has 46 heavy (non-hydrogen) atoms. The molecule has 2 atom stereocenters. The number of rotatable bonds is 7. The second kappa shape index (κ2) is 13.7. The van der Waals surface area contributed by atoms with Gasteiger partial charge in [0, 0.05) is 40.9 Å². The molecule has 0 radical (unpaired) electrons. The summed E-state index contributed by atoms with van der Waals surface area (Å²) in [6.45, 7) is 2.11. The van der Waals surface area contributed by atoms with Crippen LogP contribution in [0.1, 0.15) is 38.4 Å². The standard InChI is InChI=1S/C33H29F3N4O6/c1-20-17-23(25-9-5-6-10-27(25)37-20)19-45-24-13-11-21(12-14-24)29(41)38-28-18-40(31(43)22-7-3-2-4-8-22)16-15-26(28)30(42)39-46-32(44)33(34,35)36/h2-14,17,26,28H,15-16,18-19H2,1H3,(H,38,41)(H,39,42)/t26-,28+/m0/s1. The van der Waals surface area contributed by atoms with Crippen LogP contribution in [0.5, 0.6) is 5.75 Å². The molecule has 2 heterocycles. The summed E-state index contributed by atoms with van der Waals surface area (Å²) in [5.41, 5.74) is 4.79. The Morgan fingerprint density at radius 3 is 2.35 bits per heavy atom. The number of aryl methyl sites for hydroxylation is 1. The molecule has 0 aliphatic carbocycles. The maximum atomic E-state index is 13.3. The molecule has 238 valence electrons. The van der Waals surface area contributed by atoms with Crippen LogP contribution in [-0.4, -0.2) is 58.9 Å². The summed E-state index contributed by atoms with van der Waals surface area (Å²) < 4.78 is 43.7. The summed E-state index contributed by atoms with van der Waals surface area (Å²) in [4.78, 5) is 60.2. The molecule has 1 aromatic heterocycles. The number of piperidine rings is 1. The third-order valence-electron chi connectivity index (χ3n) is 7.49. The van der Waals surface area contributed by atoms with Crippen molar-refractivity contribution in [3.8, 4) is 5.75 Å². The highest BCUT2D eigenvalue weighted by Gasteiger charge is 2.43. The number of hydroxylamine groups is 1. The monoisotopic (exact) mass is 634 g/mol. The quantitative estimate of drug-likeness (QED) is 0.286. The van der Waals surface area contributed by atoms with Crippen LogP contribution in [0.15, 0.2) is 84.9 Å². The zero-order valence-corrected chi connectivity index (χ0v) is 24.5. The lowest BCUT2D eigenvalue weighted by Gasteiger charge is -2.38. The van der Waals surface area contributed by atoms with Gasteiger partial charge in [-0.05, 0) is 61.9 Å². The topological polar surface area (TPSA) is 127 Å². The van der Waals surface area contributed by atoms with E-state index in [1.54, 1.807) is 47.9 Å². The first-order chi connectivity index (χ1) is 22.0. The van der Waals surface area contributed by atoms with Crippen LogP contribution < -0.4 is 15.5 Å². The van der Waals surface area contributed by atoms with Gasteiger partial charge in [-0.15, -0.1) is 0 Å². The largest absolute Gasteiger partial charge is 0.493 e. The molecular formula is C33H29F3N4O6. The molecule has 1 aliphatic rings. The predicted molar refractivity (Wildman–Crippen MR) is 159 cm³/mol. The molecule has 13 heteroatoms. The van der Waals surface area contributed by atoms with Crippen molar-refractivity contribution >= 4 is 34.6 Å². The molecule has 3 aromatic carbocycles. The van der Waals surface area contributed by atoms with E-state index in [2.05, 4.69) is 15.1 Å². The number of nitrogens with one attached hydrogen (secondary N) is 2. The van der Waals surface area contributed by atoms with Crippen LogP contribution in [0, 0.1) is 12.8 Å². The number of hydrogen-bond acceptors (Lipinski definition) is 7. The van der Waals surface area contributed by atoms with Crippen molar-refractivity contribution in [3.05, 3.63) is 107 Å². The number of benzene rings is 3. The van der Waals surface area contributed by atoms with Gasteiger partial charge in [0.15, 0.2) is 0 Å². The number of pyridine rings is 1. The van der Waals surface area contributed by atoms with Gasteiger partial charge in [-0.1, -0.05) is 36.4 Å². The average Bonchev–Trinajstić information content (AvgIpc) is 3.05. The van der Waals surface area contributed by atoms with Crippen molar-refractivity contribution in [2.45, 2.75) is 32.2 Å². The number of halogens is 3. The summed E-state index contributed by atoms with van der Waals surface area (Å²) >= 11 is 0. The Hall–Kier alpha value is -5.46. The second-order valence-corrected chi connectivity index (χ2v) is 10.7. The average molecular weight is 635 g/mol. The first-order valence-electron chi connectivity index (χ1n) is 14.3. The van der Waals surface area contributed by atoms with E-state index < -0.39 is 35.9 Å². The number of para-hydroxylation sites is 1. The van der Waals surface area contributed by atoms with Crippen LogP contribution in [0.25, 0.3) is 10.9 Å². The number of fused-ring (bicyclic) bond motifs is 1. The number of carbonyl (C=O) groups is 4. The Morgan fingerprint density at radius 1 is 0.935 bits per heavy atom. The molecule has 0 saturated carbocycles. The van der Waals surface area contributed by atoms with Gasteiger partial charge in [0.05, 0.1) is 17.5 Å². The molecule has 3 amide bonds. The van der Waals surface area contributed by atoms with E-state index in [0.29, 0.717) is 11.3 Å². The molecule has 1 aliphatic heterocycles. The highest BCUT2D eigenvalue weighted by Crippen LogP contribution is 2.24. The molecule has 2 N–H and O–H groups in total. The summed E-state index contributed by atoms with van der Waals surface area (Å²) in [5.74, 6) is -5.18. The van der Waals surface area contributed by atoms with Crippen molar-refractivity contribution in [1.82, 2.24) is 20.7 Å². The molecule has 10 nitrogen and oxygen atoms in total. The smallest absolute Gasteiger partial charge is 0.489 e. The summed E-state index contributed by atoms with van der Waals surface area (Å²) in [6, 6.07) is 23.3. The van der Waals surface area contributed by atoms with Gasteiger partial charge in [-0.2, -0.15) is 18.7 Å². The van der Waals surface area contributed by atoms with Crippen LogP contribution in [-0.2, 0) is 21.0 Å². The normalized spacial score (nSPS) is 16.4. The van der Waals surface area contributed by atoms with Crippen molar-refractivity contribution < 1.29 is 41.9 Å². The third-order valence-corrected chi connectivity index (χ3v) is 7.49. The van der Waals surface area contributed by atoms with E-state index in [1.165, 1.54) is 17.0 Å². The van der Waals surface area contributed by atoms with Gasteiger partial charge in [0.1, 0.15) is 12.4 Å². The van der Waals surface area contributed by atoms with Gasteiger partial charge >= 0.3 is 12.1 Å². The zero-order chi connectivity index (χ0) is 32.8. The minimum Gasteiger partial charge on any atom is -0.489 e. The van der Waals surface area contributed by atoms with Crippen molar-refractivity contribution in [1.29, 1.82) is 0 Å². The SMILES string of the molecule is Cc1cc(COc2ccc(C(=O)N[C@@H]3CN(C(=O)c4ccccc4)CC[C@@H]3C(=O)NOC(=O)C(F)(F)F)cc2)c2ccccc2n1. The van der Waals surface area contributed by atoms with E-state index in [0.717, 1.165) is 22.2 Å². The number of aromatic nitrogens is 1. The fourth-order valence-electron chi connectivity index (χ4n) is 5.22. The van der Waals surface area contributed by atoms with E-state index in [1.807, 2.05) is 37.3 Å². The van der Waals surface area contributed by atoms with Gasteiger partial charge < -0.3 is 19.8 Å². The summed E-state index contributed by atoms with van der Waals surface area (Å²) in [5, 5.41) is 3.68. The number of nitrogens with zero attached hydrogens (tertiary/aromatic N) is 2. The molecule has 0 unspecified atom stereocenters. The summed E-state index contributed by atoms with van der Waals surface area (Å²) in [7, 11) is 0. The highest BCUT2D eigenvalue weighted by molar-refractivity contribution is 5.96. The van der Waals surface area contributed by atoms with Crippen molar-refractivity contribution in [2.24, 2.45) is 5.92 Å². The first kappa shape index (κ1) is 31.9. The molecule has 0 spiro atoms. The Morgan fingerprint density at radius 2 is 1.63 bits per heavy atom. The first-order valence-corrected chi connectivity index (χ1v) is 14.3. The Kier molecular flexibility index (Phi) is 9.50. The lowest BCUT2D eigenvalue weighted by molar-refractivity contribution is -0.208. The van der Waals surface area contributed by atoms with Crippen LogP contribution in [0.3, 0.4) is 0 Å². The van der Waals surface area contributed by atoms with Gasteiger partial charge in [0.2, 0.25) is 0 Å². The Balaban J connectivity index is 1.27. The number of hydrogen-bond donors (Lipinski definition) is 2. The maximum absolute atomic E-state index is 13.3. The summed E-state index contributed by atoms with van der Waals surface area (Å²) in [6.07, 6.45) is -5.33. The van der Waals surface area contributed by atoms with Crippen LogP contribution >= 0.6 is 0 Å². The van der Waals surface area contributed by atoms with E-state index in [9.17, 15) is 32.3 Å². The zero-order valence-electron chi connectivity index (χ0n) is 24.5. The second-order valence-electron chi connectivity index (χ2n) is 10.7. The number of amides is 3. The van der Waals surface area contributed by atoms with Crippen molar-refractivity contribution in [3.63, 3.8) is 0 Å². The van der Waals surface area contributed by atoms with Gasteiger partial charge in [-0.3, -0.25) is 19.4 Å². The fourth-order valence-corrected chi connectivity index (χ4v) is 5.22. The molecule has 5 rings (SSSR count). The number of alkyl halides is 3. The molecule has 1 fully saturated rings. The van der Waals surface area contributed by atoms with Gasteiger partial charge in [0.25, 0.3) is 17.7 Å². The molecule has 0 bridgehead atoms. The number of carbonyl (C=O) groups excluding carboxylic acids is 4. The minimum atomic E-state index is -5.31. The highest BCUT2D eigenvalue weighted by atomic mass is 19.4. The van der Waals surface area contributed by atoms with Crippen LogP contribution in [0.4, 0.5) is 13.2 Å². The Labute approximate surface area is 261 Å². The number of likely N-dealkylation sites (tertiary alicyclic amines) is 1.